The Labute approximate surface area is 99.3 Å². The number of rotatable bonds is 2. The van der Waals surface area contributed by atoms with Crippen molar-refractivity contribution in [1.82, 2.24) is 0 Å². The van der Waals surface area contributed by atoms with Crippen LogP contribution in [0.4, 0.5) is 0 Å². The Morgan fingerprint density at radius 2 is 0.929 bits per heavy atom. The molecular weight excluding hydrogens is 240 g/mol. The average Bonchev–Trinajstić information content (AvgIpc) is 2.21. The average molecular weight is 252 g/mol. The van der Waals surface area contributed by atoms with Crippen molar-refractivity contribution in [3.63, 3.8) is 0 Å². The van der Waals surface area contributed by atoms with Crippen LogP contribution in [-0.2, 0) is 19.5 Å². The smallest absolute Gasteiger partial charge is 0 e. The van der Waals surface area contributed by atoms with E-state index >= 15 is 0 Å². The summed E-state index contributed by atoms with van der Waals surface area (Å²) in [6.45, 7) is 0. The minimum Gasteiger partial charge on any atom is -0.0622 e. The summed E-state index contributed by atoms with van der Waals surface area (Å²) in [6.07, 6.45) is 0. The first-order valence-corrected chi connectivity index (χ1v) is 5.32. The summed E-state index contributed by atoms with van der Waals surface area (Å²) in [4.78, 5) is 0. The van der Waals surface area contributed by atoms with Gasteiger partial charge in [0.1, 0.15) is 0 Å². The zero-order chi connectivity index (χ0) is 8.93. The van der Waals surface area contributed by atoms with Crippen LogP contribution >= 0.6 is 8.58 Å². The molecule has 0 heterocycles. The van der Waals surface area contributed by atoms with E-state index in [-0.39, 0.29) is 19.5 Å². The molecule has 2 aromatic carbocycles. The molecule has 0 amide bonds. The van der Waals surface area contributed by atoms with Crippen LogP contribution < -0.4 is 10.6 Å². The van der Waals surface area contributed by atoms with Gasteiger partial charge in [0, 0.05) is 19.5 Å². The van der Waals surface area contributed by atoms with Crippen molar-refractivity contribution < 1.29 is 19.5 Å². The second-order valence-electron chi connectivity index (χ2n) is 2.86. The summed E-state index contributed by atoms with van der Waals surface area (Å²) in [5, 5.41) is 2.79. The molecule has 0 fully saturated rings. The fourth-order valence-electron chi connectivity index (χ4n) is 1.21. The van der Waals surface area contributed by atoms with Gasteiger partial charge in [-0.05, 0) is 10.6 Å². The Kier molecular flexibility index (Phi) is 5.01. The molecule has 0 bridgehead atoms. The van der Waals surface area contributed by atoms with Gasteiger partial charge in [-0.15, -0.1) is 0 Å². The second-order valence-corrected chi connectivity index (χ2v) is 4.26. The summed E-state index contributed by atoms with van der Waals surface area (Å²) >= 11 is 0. The molecule has 66 valence electrons. The summed E-state index contributed by atoms with van der Waals surface area (Å²) in [5.41, 5.74) is 0. The monoisotopic (exact) mass is 250 g/mol. The van der Waals surface area contributed by atoms with Crippen LogP contribution in [0.2, 0.25) is 0 Å². The summed E-state index contributed by atoms with van der Waals surface area (Å²) in [7, 11) is 0.777. The minimum absolute atomic E-state index is 0. The second kappa shape index (κ2) is 6.07. The van der Waals surface area contributed by atoms with Gasteiger partial charge in [0.15, 0.2) is 0 Å². The van der Waals surface area contributed by atoms with Gasteiger partial charge >= 0.3 is 0 Å². The van der Waals surface area contributed by atoms with Crippen molar-refractivity contribution in [2.24, 2.45) is 0 Å². The van der Waals surface area contributed by atoms with Crippen LogP contribution in [0.25, 0.3) is 0 Å². The topological polar surface area (TPSA) is 0 Å². The third-order valence-electron chi connectivity index (χ3n) is 1.84. The maximum absolute atomic E-state index is 2.17. The van der Waals surface area contributed by atoms with Gasteiger partial charge in [0.05, 0.1) is 0 Å². The van der Waals surface area contributed by atoms with Crippen molar-refractivity contribution >= 4 is 19.2 Å². The SMILES string of the molecule is [Zn].c1ccc(Pc2ccccc2)cc1. The molecule has 0 atom stereocenters. The van der Waals surface area contributed by atoms with E-state index in [1.165, 1.54) is 10.6 Å². The molecule has 0 aliphatic carbocycles. The van der Waals surface area contributed by atoms with E-state index in [2.05, 4.69) is 60.7 Å². The first kappa shape index (κ1) is 11.6. The maximum atomic E-state index is 2.17. The molecular formula is C12H11PZn. The summed E-state index contributed by atoms with van der Waals surface area (Å²) in [5.74, 6) is 0. The molecule has 0 saturated carbocycles. The van der Waals surface area contributed by atoms with Gasteiger partial charge < -0.3 is 0 Å². The van der Waals surface area contributed by atoms with Crippen LogP contribution in [0.3, 0.4) is 0 Å². The molecule has 0 aliphatic rings. The number of hydrogen-bond donors (Lipinski definition) is 0. The van der Waals surface area contributed by atoms with E-state index in [1.807, 2.05) is 0 Å². The minimum atomic E-state index is 0. The molecule has 2 aromatic rings. The number of benzene rings is 2. The Hall–Kier alpha value is -0.507. The Morgan fingerprint density at radius 1 is 0.571 bits per heavy atom. The van der Waals surface area contributed by atoms with Gasteiger partial charge in [0.2, 0.25) is 0 Å². The third-order valence-corrected chi connectivity index (χ3v) is 3.08. The fourth-order valence-corrected chi connectivity index (χ4v) is 2.26. The molecule has 2 rings (SSSR count). The Balaban J connectivity index is 0.000000980. The molecule has 2 heteroatoms. The zero-order valence-electron chi connectivity index (χ0n) is 7.98. The third kappa shape index (κ3) is 3.33. The van der Waals surface area contributed by atoms with Gasteiger partial charge in [0.25, 0.3) is 0 Å². The van der Waals surface area contributed by atoms with Crippen molar-refractivity contribution in [3.8, 4) is 0 Å². The van der Waals surface area contributed by atoms with Crippen LogP contribution in [0.15, 0.2) is 60.7 Å². The normalized spacial score (nSPS) is 9.14. The standard InChI is InChI=1S/C12H11P.Zn/c1-3-7-11(8-4-1)13-12-9-5-2-6-10-12;/h1-10,13H;. The van der Waals surface area contributed by atoms with Gasteiger partial charge in [-0.3, -0.25) is 0 Å². The molecule has 0 saturated heterocycles. The fraction of sp³-hybridized carbons (Fsp3) is 0. The largest absolute Gasteiger partial charge is 0.0622 e. The summed E-state index contributed by atoms with van der Waals surface area (Å²) < 4.78 is 0. The van der Waals surface area contributed by atoms with Crippen LogP contribution in [-0.4, -0.2) is 0 Å². The van der Waals surface area contributed by atoms with Crippen LogP contribution in [0.5, 0.6) is 0 Å². The van der Waals surface area contributed by atoms with Gasteiger partial charge in [-0.25, -0.2) is 0 Å². The van der Waals surface area contributed by atoms with E-state index in [0.29, 0.717) is 0 Å². The molecule has 0 spiro atoms. The Morgan fingerprint density at radius 3 is 1.29 bits per heavy atom. The van der Waals surface area contributed by atoms with Crippen LogP contribution in [0.1, 0.15) is 0 Å². The van der Waals surface area contributed by atoms with E-state index in [4.69, 9.17) is 0 Å². The van der Waals surface area contributed by atoms with Crippen molar-refractivity contribution in [3.05, 3.63) is 60.7 Å². The Bertz CT molecular complexity index is 321. The van der Waals surface area contributed by atoms with Crippen LogP contribution in [0, 0.1) is 0 Å². The quantitative estimate of drug-likeness (QED) is 0.568. The molecule has 0 aliphatic heterocycles. The predicted octanol–water partition coefficient (Wildman–Crippen LogP) is 2.31. The predicted molar refractivity (Wildman–Crippen MR) is 60.5 cm³/mol. The molecule has 0 unspecified atom stereocenters. The zero-order valence-corrected chi connectivity index (χ0v) is 11.9. The van der Waals surface area contributed by atoms with Gasteiger partial charge in [-0.1, -0.05) is 69.2 Å². The first-order chi connectivity index (χ1) is 6.45. The van der Waals surface area contributed by atoms with E-state index in [1.54, 1.807) is 0 Å². The van der Waals surface area contributed by atoms with E-state index < -0.39 is 0 Å². The maximum Gasteiger partial charge on any atom is 0 e. The summed E-state index contributed by atoms with van der Waals surface area (Å²) in [6, 6.07) is 21.2. The van der Waals surface area contributed by atoms with E-state index in [9.17, 15) is 0 Å². The molecule has 0 aromatic heterocycles. The molecule has 0 radical (unpaired) electrons. The van der Waals surface area contributed by atoms with Crippen molar-refractivity contribution in [1.29, 1.82) is 0 Å². The molecule has 0 nitrogen and oxygen atoms in total. The number of hydrogen-bond acceptors (Lipinski definition) is 0. The molecule has 14 heavy (non-hydrogen) atoms. The van der Waals surface area contributed by atoms with Gasteiger partial charge in [-0.2, -0.15) is 0 Å². The molecule has 0 N–H and O–H groups in total. The van der Waals surface area contributed by atoms with E-state index in [0.717, 1.165) is 8.58 Å². The van der Waals surface area contributed by atoms with Crippen molar-refractivity contribution in [2.45, 2.75) is 0 Å². The van der Waals surface area contributed by atoms with Crippen molar-refractivity contribution in [2.75, 3.05) is 0 Å². The first-order valence-electron chi connectivity index (χ1n) is 4.32.